The molecule has 1 atom stereocenters. The minimum absolute atomic E-state index is 0. The third-order valence-corrected chi connectivity index (χ3v) is 3.82. The van der Waals surface area contributed by atoms with Gasteiger partial charge in [-0.05, 0) is 71.1 Å². The Balaban J connectivity index is 0. The Morgan fingerprint density at radius 2 is 1.25 bits per heavy atom. The Bertz CT molecular complexity index is 325. The average molecular weight is 346 g/mol. The quantitative estimate of drug-likeness (QED) is 0.260. The van der Waals surface area contributed by atoms with E-state index in [2.05, 4.69) is 24.3 Å². The minimum atomic E-state index is -0.951. The standard InChI is InChI=1S/C20H36O3.Na/c1-19(21)17-15-13-11-9-7-5-3-2-4-6-8-10-12-14-16-18-20(22)23;/h9-12,19,21H,2-8,13-18H2,1H3,(H,22,23);/q;+1/p-1/b11-9-,12-10-;/t19-;/m1./s1. The van der Waals surface area contributed by atoms with Crippen LogP contribution in [0.2, 0.25) is 0 Å². The van der Waals surface area contributed by atoms with Crippen molar-refractivity contribution in [3.05, 3.63) is 24.3 Å². The summed E-state index contributed by atoms with van der Waals surface area (Å²) in [5.74, 6) is -0.951. The molecule has 0 aliphatic rings. The third kappa shape index (κ3) is 24.2. The van der Waals surface area contributed by atoms with Gasteiger partial charge in [0.05, 0.1) is 6.10 Å². The number of rotatable bonds is 16. The van der Waals surface area contributed by atoms with E-state index in [9.17, 15) is 9.90 Å². The van der Waals surface area contributed by atoms with Crippen LogP contribution in [-0.2, 0) is 4.79 Å². The number of carboxylic acids is 1. The van der Waals surface area contributed by atoms with E-state index in [1.165, 1.54) is 38.5 Å². The summed E-state index contributed by atoms with van der Waals surface area (Å²) in [4.78, 5) is 10.2. The molecule has 0 radical (unpaired) electrons. The van der Waals surface area contributed by atoms with Gasteiger partial charge in [0.25, 0.3) is 0 Å². The van der Waals surface area contributed by atoms with E-state index in [1.54, 1.807) is 0 Å². The fourth-order valence-corrected chi connectivity index (χ4v) is 2.42. The van der Waals surface area contributed by atoms with Crippen LogP contribution in [0.4, 0.5) is 0 Å². The van der Waals surface area contributed by atoms with Crippen LogP contribution >= 0.6 is 0 Å². The van der Waals surface area contributed by atoms with Gasteiger partial charge in [0.2, 0.25) is 0 Å². The van der Waals surface area contributed by atoms with Crippen LogP contribution in [0.15, 0.2) is 24.3 Å². The second-order valence-electron chi connectivity index (χ2n) is 6.33. The molecule has 3 nitrogen and oxygen atoms in total. The van der Waals surface area contributed by atoms with Crippen molar-refractivity contribution in [2.24, 2.45) is 0 Å². The first kappa shape index (κ1) is 26.1. The molecule has 0 fully saturated rings. The van der Waals surface area contributed by atoms with Gasteiger partial charge in [0, 0.05) is 5.97 Å². The third-order valence-electron chi connectivity index (χ3n) is 3.82. The number of aliphatic carboxylic acids is 1. The molecule has 0 unspecified atom stereocenters. The number of carbonyl (C=O) groups excluding carboxylic acids is 1. The molecule has 0 aromatic heterocycles. The fourth-order valence-electron chi connectivity index (χ4n) is 2.42. The molecule has 0 saturated carbocycles. The van der Waals surface area contributed by atoms with Crippen LogP contribution in [0.3, 0.4) is 0 Å². The van der Waals surface area contributed by atoms with Crippen LogP contribution in [-0.4, -0.2) is 17.2 Å². The van der Waals surface area contributed by atoms with E-state index in [0.717, 1.165) is 32.1 Å². The number of allylic oxidation sites excluding steroid dienone is 4. The minimum Gasteiger partial charge on any atom is -0.550 e. The van der Waals surface area contributed by atoms with E-state index < -0.39 is 5.97 Å². The molecule has 0 saturated heterocycles. The van der Waals surface area contributed by atoms with Crippen LogP contribution < -0.4 is 34.7 Å². The monoisotopic (exact) mass is 346 g/mol. The average Bonchev–Trinajstić information content (AvgIpc) is 2.49. The van der Waals surface area contributed by atoms with Crippen molar-refractivity contribution in [3.63, 3.8) is 0 Å². The van der Waals surface area contributed by atoms with Gasteiger partial charge in [-0.25, -0.2) is 0 Å². The molecule has 0 aliphatic carbocycles. The molecule has 4 heteroatoms. The topological polar surface area (TPSA) is 60.4 Å². The van der Waals surface area contributed by atoms with Crippen LogP contribution in [0.25, 0.3) is 0 Å². The predicted octanol–water partition coefficient (Wildman–Crippen LogP) is 1.30. The Kier molecular flexibility index (Phi) is 22.8. The number of carboxylic acid groups (broad SMARTS) is 1. The molecule has 0 amide bonds. The van der Waals surface area contributed by atoms with Crippen molar-refractivity contribution in [1.82, 2.24) is 0 Å². The molecule has 0 heterocycles. The van der Waals surface area contributed by atoms with E-state index >= 15 is 0 Å². The van der Waals surface area contributed by atoms with Crippen molar-refractivity contribution in [3.8, 4) is 0 Å². The van der Waals surface area contributed by atoms with Gasteiger partial charge < -0.3 is 15.0 Å². The summed E-state index contributed by atoms with van der Waals surface area (Å²) in [5.41, 5.74) is 0. The van der Waals surface area contributed by atoms with E-state index in [1.807, 2.05) is 6.92 Å². The number of aliphatic hydroxyl groups is 1. The van der Waals surface area contributed by atoms with Crippen molar-refractivity contribution in [1.29, 1.82) is 0 Å². The molecule has 134 valence electrons. The van der Waals surface area contributed by atoms with E-state index in [-0.39, 0.29) is 42.1 Å². The van der Waals surface area contributed by atoms with E-state index in [4.69, 9.17) is 5.11 Å². The Labute approximate surface area is 170 Å². The van der Waals surface area contributed by atoms with Crippen LogP contribution in [0.1, 0.15) is 90.4 Å². The first-order valence-corrected chi connectivity index (χ1v) is 9.31. The van der Waals surface area contributed by atoms with Gasteiger partial charge in [-0.2, -0.15) is 0 Å². The van der Waals surface area contributed by atoms with Crippen LogP contribution in [0, 0.1) is 0 Å². The molecular weight excluding hydrogens is 311 g/mol. The van der Waals surface area contributed by atoms with Crippen molar-refractivity contribution in [2.45, 2.75) is 96.5 Å². The SMILES string of the molecule is C[C@@H](O)CCC/C=C\CCCCCCC/C=C\CCCC(=O)[O-].[Na+]. The zero-order chi connectivity index (χ0) is 17.2. The Morgan fingerprint density at radius 3 is 1.71 bits per heavy atom. The zero-order valence-electron chi connectivity index (χ0n) is 15.8. The van der Waals surface area contributed by atoms with Gasteiger partial charge in [-0.3, -0.25) is 0 Å². The molecule has 0 aliphatic heterocycles. The number of hydrogen-bond donors (Lipinski definition) is 1. The smallest absolute Gasteiger partial charge is 0.550 e. The second kappa shape index (κ2) is 21.0. The molecule has 1 N–H and O–H groups in total. The largest absolute Gasteiger partial charge is 1.00 e. The normalized spacial score (nSPS) is 12.6. The van der Waals surface area contributed by atoms with Gasteiger partial charge in [-0.1, -0.05) is 43.6 Å². The number of hydrogen-bond acceptors (Lipinski definition) is 3. The number of unbranched alkanes of at least 4 members (excludes halogenated alkanes) is 8. The maximum absolute atomic E-state index is 10.2. The summed E-state index contributed by atoms with van der Waals surface area (Å²) < 4.78 is 0. The van der Waals surface area contributed by atoms with Gasteiger partial charge >= 0.3 is 29.6 Å². The first-order chi connectivity index (χ1) is 11.1. The molecule has 24 heavy (non-hydrogen) atoms. The van der Waals surface area contributed by atoms with Gasteiger partial charge in [0.1, 0.15) is 0 Å². The van der Waals surface area contributed by atoms with Crippen molar-refractivity contribution in [2.75, 3.05) is 0 Å². The molecule has 0 spiro atoms. The maximum Gasteiger partial charge on any atom is 1.00 e. The van der Waals surface area contributed by atoms with Crippen molar-refractivity contribution >= 4 is 5.97 Å². The molecular formula is C20H35NaO3. The molecule has 0 rings (SSSR count). The predicted molar refractivity (Wildman–Crippen MR) is 95.0 cm³/mol. The summed E-state index contributed by atoms with van der Waals surface area (Å²) >= 11 is 0. The maximum atomic E-state index is 10.2. The number of aliphatic hydroxyl groups excluding tert-OH is 1. The molecule has 0 aromatic carbocycles. The van der Waals surface area contributed by atoms with Gasteiger partial charge in [-0.15, -0.1) is 0 Å². The zero-order valence-corrected chi connectivity index (χ0v) is 17.8. The van der Waals surface area contributed by atoms with Gasteiger partial charge in [0.15, 0.2) is 0 Å². The molecule has 0 aromatic rings. The summed E-state index contributed by atoms with van der Waals surface area (Å²) in [7, 11) is 0. The second-order valence-corrected chi connectivity index (χ2v) is 6.33. The Hall–Kier alpha value is -0.0900. The van der Waals surface area contributed by atoms with E-state index in [0.29, 0.717) is 6.42 Å². The number of carbonyl (C=O) groups is 1. The van der Waals surface area contributed by atoms with Crippen molar-refractivity contribution < 1.29 is 44.6 Å². The Morgan fingerprint density at radius 1 is 0.833 bits per heavy atom. The first-order valence-electron chi connectivity index (χ1n) is 9.31. The fraction of sp³-hybridized carbons (Fsp3) is 0.750. The molecule has 0 bridgehead atoms. The van der Waals surface area contributed by atoms with Crippen LogP contribution in [0.5, 0.6) is 0 Å². The summed E-state index contributed by atoms with van der Waals surface area (Å²) in [5, 5.41) is 19.4. The summed E-state index contributed by atoms with van der Waals surface area (Å²) in [6, 6.07) is 0. The summed E-state index contributed by atoms with van der Waals surface area (Å²) in [6.07, 6.45) is 22.0. The summed E-state index contributed by atoms with van der Waals surface area (Å²) in [6.45, 7) is 1.84.